The second kappa shape index (κ2) is 24.2. The van der Waals surface area contributed by atoms with Crippen LogP contribution in [0.5, 0.6) is 23.0 Å². The lowest BCUT2D eigenvalue weighted by Gasteiger charge is -2.33. The van der Waals surface area contributed by atoms with Gasteiger partial charge in [-0.15, -0.1) is 0 Å². The lowest BCUT2D eigenvalue weighted by atomic mass is 9.90. The van der Waals surface area contributed by atoms with E-state index in [9.17, 15) is 19.8 Å². The molecular formula is C44H50N2O14. The number of ether oxygens (including phenoxy) is 2. The molecule has 2 unspecified atom stereocenters. The lowest BCUT2D eigenvalue weighted by Crippen LogP contribution is -2.33. The van der Waals surface area contributed by atoms with Gasteiger partial charge in [0.2, 0.25) is 0 Å². The topological polar surface area (TPSA) is 249 Å². The summed E-state index contributed by atoms with van der Waals surface area (Å²) in [6.45, 7) is 8.71. The molecule has 0 bridgehead atoms. The van der Waals surface area contributed by atoms with Crippen LogP contribution in [0.4, 0.5) is 0 Å². The third kappa shape index (κ3) is 17.0. The molecule has 0 spiro atoms. The summed E-state index contributed by atoms with van der Waals surface area (Å²) in [5.74, 6) is -6.89. The van der Waals surface area contributed by atoms with Gasteiger partial charge in [0, 0.05) is 40.0 Å². The van der Waals surface area contributed by atoms with Crippen molar-refractivity contribution in [2.45, 2.75) is 64.5 Å². The van der Waals surface area contributed by atoms with Gasteiger partial charge in [0.1, 0.15) is 0 Å². The molecule has 16 nitrogen and oxygen atoms in total. The quantitative estimate of drug-likeness (QED) is 0.0539. The molecule has 2 fully saturated rings. The summed E-state index contributed by atoms with van der Waals surface area (Å²) in [7, 11) is 0. The van der Waals surface area contributed by atoms with Crippen LogP contribution < -0.4 is 9.47 Å². The van der Waals surface area contributed by atoms with Crippen molar-refractivity contribution in [1.29, 1.82) is 0 Å². The van der Waals surface area contributed by atoms with Crippen molar-refractivity contribution in [3.05, 3.63) is 119 Å². The number of hydrogen-bond acceptors (Lipinski definition) is 12. The Balaban J connectivity index is 0.000000256. The zero-order valence-corrected chi connectivity index (χ0v) is 33.3. The van der Waals surface area contributed by atoms with E-state index in [2.05, 4.69) is 58.3 Å². The van der Waals surface area contributed by atoms with Crippen molar-refractivity contribution < 1.29 is 68.9 Å². The van der Waals surface area contributed by atoms with E-state index in [-0.39, 0.29) is 17.2 Å². The summed E-state index contributed by atoms with van der Waals surface area (Å²) in [5, 5.41) is 48.7. The van der Waals surface area contributed by atoms with Gasteiger partial charge in [-0.1, -0.05) is 72.8 Å². The van der Waals surface area contributed by atoms with Crippen molar-refractivity contribution in [3.8, 4) is 23.0 Å². The highest BCUT2D eigenvalue weighted by molar-refractivity contribution is 6.27. The number of aliphatic carboxylic acids is 4. The molecule has 4 aromatic carbocycles. The van der Waals surface area contributed by atoms with Gasteiger partial charge < -0.3 is 40.1 Å². The molecule has 0 aromatic heterocycles. The predicted molar refractivity (Wildman–Crippen MR) is 217 cm³/mol. The SMILES string of the molecule is CC(=O)Oc1ccc(C2CCCN(Cc3ccccc3)C2)cc1OC(C)=O.O=C(O)C(=O)O.O=C(O)C(=O)O.Oc1ccc(C2CCCN(Cc3ccccc3)C2)cc1O. The number of aromatic hydroxyl groups is 2. The third-order valence-electron chi connectivity index (χ3n) is 9.29. The zero-order valence-electron chi connectivity index (χ0n) is 33.3. The first-order valence-electron chi connectivity index (χ1n) is 19.0. The van der Waals surface area contributed by atoms with Crippen LogP contribution in [0.1, 0.15) is 73.6 Å². The molecule has 0 saturated carbocycles. The molecular weight excluding hydrogens is 780 g/mol. The highest BCUT2D eigenvalue weighted by Gasteiger charge is 2.24. The van der Waals surface area contributed by atoms with Gasteiger partial charge in [-0.3, -0.25) is 19.4 Å². The maximum atomic E-state index is 11.4. The molecule has 2 heterocycles. The van der Waals surface area contributed by atoms with E-state index in [1.165, 1.54) is 31.4 Å². The second-order valence-electron chi connectivity index (χ2n) is 14.0. The molecule has 2 aliphatic rings. The number of phenolic OH excluding ortho intramolecular Hbond substituents is 2. The maximum absolute atomic E-state index is 11.4. The molecule has 4 aromatic rings. The minimum atomic E-state index is -1.82. The molecule has 0 amide bonds. The number of carbonyl (C=O) groups is 6. The van der Waals surface area contributed by atoms with Crippen molar-refractivity contribution in [2.24, 2.45) is 0 Å². The normalized spacial score (nSPS) is 16.1. The van der Waals surface area contributed by atoms with E-state index in [1.54, 1.807) is 18.2 Å². The molecule has 16 heteroatoms. The van der Waals surface area contributed by atoms with E-state index in [4.69, 9.17) is 49.1 Å². The fourth-order valence-corrected chi connectivity index (χ4v) is 6.67. The number of carboxylic acid groups (broad SMARTS) is 4. The van der Waals surface area contributed by atoms with Gasteiger partial charge in [0.15, 0.2) is 23.0 Å². The van der Waals surface area contributed by atoms with Crippen LogP contribution in [0, 0.1) is 0 Å². The van der Waals surface area contributed by atoms with Crippen LogP contribution in [0.25, 0.3) is 0 Å². The van der Waals surface area contributed by atoms with E-state index >= 15 is 0 Å². The highest BCUT2D eigenvalue weighted by atomic mass is 16.6. The number of likely N-dealkylation sites (tertiary alicyclic amines) is 2. The third-order valence-corrected chi connectivity index (χ3v) is 9.29. The van der Waals surface area contributed by atoms with Gasteiger partial charge in [-0.25, -0.2) is 19.2 Å². The largest absolute Gasteiger partial charge is 0.504 e. The molecule has 0 aliphatic carbocycles. The van der Waals surface area contributed by atoms with Crippen LogP contribution in [0.3, 0.4) is 0 Å². The number of carbonyl (C=O) groups excluding carboxylic acids is 2. The number of benzene rings is 4. The number of rotatable bonds is 8. The summed E-state index contributed by atoms with van der Waals surface area (Å²) in [6, 6.07) is 31.7. The first-order chi connectivity index (χ1) is 28.5. The maximum Gasteiger partial charge on any atom is 0.414 e. The Morgan fingerprint density at radius 3 is 1.33 bits per heavy atom. The standard InChI is InChI=1S/C22H25NO4.C18H21NO2.2C2H2O4/c1-16(24)26-21-11-10-19(13-22(21)27-17(2)25)20-9-6-12-23(15-20)14-18-7-4-3-5-8-18;20-17-9-8-15(11-18(17)21)16-7-4-10-19(13-16)12-14-5-2-1-3-6-14;2*3-1(4)2(5)6/h3-5,7-8,10-11,13,20H,6,9,12,14-15H2,1-2H3;1-3,5-6,8-9,11,16,20-21H,4,7,10,12-13H2;2*(H,3,4)(H,5,6). The van der Waals surface area contributed by atoms with Crippen LogP contribution in [-0.4, -0.2) is 102 Å². The summed E-state index contributed by atoms with van der Waals surface area (Å²) in [5.41, 5.74) is 4.86. The molecule has 60 heavy (non-hydrogen) atoms. The van der Waals surface area contributed by atoms with E-state index in [0.717, 1.165) is 69.7 Å². The van der Waals surface area contributed by atoms with Gasteiger partial charge >= 0.3 is 35.8 Å². The Hall–Kier alpha value is -6.78. The Morgan fingerprint density at radius 2 is 0.933 bits per heavy atom. The van der Waals surface area contributed by atoms with Crippen LogP contribution in [0.2, 0.25) is 0 Å². The van der Waals surface area contributed by atoms with Gasteiger partial charge in [0.05, 0.1) is 0 Å². The van der Waals surface area contributed by atoms with Crippen LogP contribution in [0.15, 0.2) is 97.1 Å². The first kappa shape index (κ1) is 47.6. The molecule has 0 radical (unpaired) electrons. The fraction of sp³-hybridized carbons (Fsp3) is 0.318. The number of piperidine rings is 2. The molecule has 2 saturated heterocycles. The monoisotopic (exact) mass is 830 g/mol. The Labute approximate surface area is 346 Å². The van der Waals surface area contributed by atoms with Crippen LogP contribution in [-0.2, 0) is 41.9 Å². The predicted octanol–water partition coefficient (Wildman–Crippen LogP) is 5.71. The van der Waals surface area contributed by atoms with Gasteiger partial charge in [-0.2, -0.15) is 0 Å². The highest BCUT2D eigenvalue weighted by Crippen LogP contribution is 2.36. The van der Waals surface area contributed by atoms with Gasteiger partial charge in [0.25, 0.3) is 0 Å². The lowest BCUT2D eigenvalue weighted by molar-refractivity contribution is -0.159. The molecule has 2 atom stereocenters. The summed E-state index contributed by atoms with van der Waals surface area (Å²) < 4.78 is 10.4. The Morgan fingerprint density at radius 1 is 0.533 bits per heavy atom. The molecule has 6 rings (SSSR count). The number of esters is 2. The molecule has 320 valence electrons. The van der Waals surface area contributed by atoms with Crippen molar-refractivity contribution in [3.63, 3.8) is 0 Å². The fourth-order valence-electron chi connectivity index (χ4n) is 6.67. The van der Waals surface area contributed by atoms with Gasteiger partial charge in [-0.05, 0) is 97.1 Å². The van der Waals surface area contributed by atoms with Crippen molar-refractivity contribution in [2.75, 3.05) is 26.2 Å². The number of phenols is 2. The van der Waals surface area contributed by atoms with Crippen LogP contribution >= 0.6 is 0 Å². The smallest absolute Gasteiger partial charge is 0.414 e. The minimum Gasteiger partial charge on any atom is -0.504 e. The molecule has 6 N–H and O–H groups in total. The Kier molecular flexibility index (Phi) is 19.2. The minimum absolute atomic E-state index is 0.0207. The number of nitrogens with zero attached hydrogens (tertiary/aromatic N) is 2. The summed E-state index contributed by atoms with van der Waals surface area (Å²) >= 11 is 0. The Bertz CT molecular complexity index is 2010. The molecule has 2 aliphatic heterocycles. The first-order valence-corrected chi connectivity index (χ1v) is 19.0. The number of carboxylic acids is 4. The van der Waals surface area contributed by atoms with Crippen molar-refractivity contribution >= 4 is 35.8 Å². The summed E-state index contributed by atoms with van der Waals surface area (Å²) in [4.78, 5) is 64.0. The van der Waals surface area contributed by atoms with E-state index in [0.29, 0.717) is 17.6 Å². The average molecular weight is 831 g/mol. The zero-order chi connectivity index (χ0) is 44.2. The average Bonchev–Trinajstić information content (AvgIpc) is 3.21. The van der Waals surface area contributed by atoms with E-state index < -0.39 is 35.8 Å². The number of hydrogen-bond donors (Lipinski definition) is 6. The van der Waals surface area contributed by atoms with Crippen molar-refractivity contribution in [1.82, 2.24) is 9.80 Å². The second-order valence-corrected chi connectivity index (χ2v) is 14.0. The summed E-state index contributed by atoms with van der Waals surface area (Å²) in [6.07, 6.45) is 4.50. The van der Waals surface area contributed by atoms with E-state index in [1.807, 2.05) is 30.3 Å².